The van der Waals surface area contributed by atoms with Crippen molar-refractivity contribution < 1.29 is 9.18 Å². The Morgan fingerprint density at radius 2 is 2.00 bits per heavy atom. The van der Waals surface area contributed by atoms with Crippen molar-refractivity contribution in [2.45, 2.75) is 6.92 Å². The molecule has 0 fully saturated rings. The zero-order chi connectivity index (χ0) is 18.0. The van der Waals surface area contributed by atoms with Crippen molar-refractivity contribution in [2.75, 3.05) is 5.32 Å². The third kappa shape index (κ3) is 3.86. The SMILES string of the molecule is Cc1cccc(F)c1C(=O)Nc1cnc(-c2ccc(Br)cc2Cl)cn1. The molecule has 25 heavy (non-hydrogen) atoms. The summed E-state index contributed by atoms with van der Waals surface area (Å²) in [5.74, 6) is -0.923. The Hall–Kier alpha value is -2.31. The van der Waals surface area contributed by atoms with E-state index < -0.39 is 11.7 Å². The van der Waals surface area contributed by atoms with E-state index in [1.54, 1.807) is 25.1 Å². The Morgan fingerprint density at radius 1 is 1.20 bits per heavy atom. The van der Waals surface area contributed by atoms with Crippen LogP contribution in [0.1, 0.15) is 15.9 Å². The van der Waals surface area contributed by atoms with Crippen LogP contribution in [0, 0.1) is 12.7 Å². The summed E-state index contributed by atoms with van der Waals surface area (Å²) in [6.07, 6.45) is 2.90. The second-order valence-corrected chi connectivity index (χ2v) is 6.62. The first-order valence-corrected chi connectivity index (χ1v) is 8.47. The summed E-state index contributed by atoms with van der Waals surface area (Å²) in [4.78, 5) is 20.7. The smallest absolute Gasteiger partial charge is 0.260 e. The average Bonchev–Trinajstić information content (AvgIpc) is 2.56. The Labute approximate surface area is 157 Å². The van der Waals surface area contributed by atoms with E-state index in [1.807, 2.05) is 12.1 Å². The van der Waals surface area contributed by atoms with Gasteiger partial charge in [0, 0.05) is 10.0 Å². The molecule has 0 radical (unpaired) electrons. The molecule has 3 aromatic rings. The average molecular weight is 421 g/mol. The maximum atomic E-state index is 13.9. The highest BCUT2D eigenvalue weighted by molar-refractivity contribution is 9.10. The summed E-state index contributed by atoms with van der Waals surface area (Å²) in [7, 11) is 0. The molecule has 0 aliphatic heterocycles. The molecule has 126 valence electrons. The normalized spacial score (nSPS) is 10.6. The number of amides is 1. The van der Waals surface area contributed by atoms with E-state index in [1.165, 1.54) is 18.5 Å². The molecule has 3 rings (SSSR count). The van der Waals surface area contributed by atoms with Crippen LogP contribution in [-0.4, -0.2) is 15.9 Å². The van der Waals surface area contributed by atoms with Crippen LogP contribution in [0.25, 0.3) is 11.3 Å². The van der Waals surface area contributed by atoms with Gasteiger partial charge in [-0.05, 0) is 30.7 Å². The molecule has 1 amide bonds. The maximum Gasteiger partial charge on any atom is 0.260 e. The summed E-state index contributed by atoms with van der Waals surface area (Å²) in [6.45, 7) is 1.67. The number of hydrogen-bond acceptors (Lipinski definition) is 3. The van der Waals surface area contributed by atoms with Crippen LogP contribution < -0.4 is 5.32 Å². The van der Waals surface area contributed by atoms with Gasteiger partial charge in [-0.2, -0.15) is 0 Å². The summed E-state index contributed by atoms with van der Waals surface area (Å²) in [5.41, 5.74) is 1.82. The number of nitrogens with one attached hydrogen (secondary N) is 1. The van der Waals surface area contributed by atoms with Gasteiger partial charge in [-0.15, -0.1) is 0 Å². The number of carbonyl (C=O) groups excluding carboxylic acids is 1. The van der Waals surface area contributed by atoms with E-state index in [-0.39, 0.29) is 11.4 Å². The highest BCUT2D eigenvalue weighted by atomic mass is 79.9. The minimum atomic E-state index is -0.580. The molecule has 1 N–H and O–H groups in total. The summed E-state index contributed by atoms with van der Waals surface area (Å²) < 4.78 is 14.7. The lowest BCUT2D eigenvalue weighted by atomic mass is 10.1. The number of aromatic nitrogens is 2. The van der Waals surface area contributed by atoms with Gasteiger partial charge in [-0.25, -0.2) is 9.37 Å². The summed E-state index contributed by atoms with van der Waals surface area (Å²) >= 11 is 9.54. The van der Waals surface area contributed by atoms with Gasteiger partial charge in [0.1, 0.15) is 5.82 Å². The number of aryl methyl sites for hydroxylation is 1. The fourth-order valence-corrected chi connectivity index (χ4v) is 3.10. The van der Waals surface area contributed by atoms with Gasteiger partial charge in [0.25, 0.3) is 5.91 Å². The third-order valence-electron chi connectivity index (χ3n) is 3.55. The lowest BCUT2D eigenvalue weighted by molar-refractivity contribution is 0.102. The molecule has 2 aromatic carbocycles. The lowest BCUT2D eigenvalue weighted by Gasteiger charge is -2.09. The Kier molecular flexibility index (Phi) is 5.11. The molecule has 0 bridgehead atoms. The highest BCUT2D eigenvalue weighted by Crippen LogP contribution is 2.29. The van der Waals surface area contributed by atoms with Gasteiger partial charge in [0.15, 0.2) is 5.82 Å². The largest absolute Gasteiger partial charge is 0.305 e. The minimum absolute atomic E-state index is 0.00988. The molecule has 7 heteroatoms. The van der Waals surface area contributed by atoms with E-state index in [0.29, 0.717) is 16.3 Å². The van der Waals surface area contributed by atoms with Gasteiger partial charge in [0.05, 0.1) is 28.7 Å². The van der Waals surface area contributed by atoms with E-state index in [4.69, 9.17) is 11.6 Å². The number of rotatable bonds is 3. The van der Waals surface area contributed by atoms with Crippen LogP contribution in [0.5, 0.6) is 0 Å². The van der Waals surface area contributed by atoms with E-state index in [9.17, 15) is 9.18 Å². The van der Waals surface area contributed by atoms with Gasteiger partial charge < -0.3 is 5.32 Å². The van der Waals surface area contributed by atoms with Crippen LogP contribution in [-0.2, 0) is 0 Å². The fourth-order valence-electron chi connectivity index (χ4n) is 2.33. The molecule has 4 nitrogen and oxygen atoms in total. The third-order valence-corrected chi connectivity index (χ3v) is 4.36. The highest BCUT2D eigenvalue weighted by Gasteiger charge is 2.15. The van der Waals surface area contributed by atoms with Crippen LogP contribution in [0.4, 0.5) is 10.2 Å². The van der Waals surface area contributed by atoms with Crippen molar-refractivity contribution in [3.63, 3.8) is 0 Å². The predicted octanol–water partition coefficient (Wildman–Crippen LogP) is 5.26. The summed E-state index contributed by atoms with van der Waals surface area (Å²) in [6, 6.07) is 9.89. The Morgan fingerprint density at radius 3 is 2.64 bits per heavy atom. The number of anilines is 1. The predicted molar refractivity (Wildman–Crippen MR) is 99.3 cm³/mol. The molecule has 0 atom stereocenters. The van der Waals surface area contributed by atoms with Gasteiger partial charge in [0.2, 0.25) is 0 Å². The molecule has 1 aromatic heterocycles. The first kappa shape index (κ1) is 17.5. The van der Waals surface area contributed by atoms with E-state index >= 15 is 0 Å². The van der Waals surface area contributed by atoms with Crippen molar-refractivity contribution in [2.24, 2.45) is 0 Å². The second kappa shape index (κ2) is 7.29. The lowest BCUT2D eigenvalue weighted by Crippen LogP contribution is -2.16. The van der Waals surface area contributed by atoms with Crippen molar-refractivity contribution in [1.29, 1.82) is 0 Å². The zero-order valence-electron chi connectivity index (χ0n) is 13.1. The topological polar surface area (TPSA) is 54.9 Å². The van der Waals surface area contributed by atoms with Crippen LogP contribution in [0.15, 0.2) is 53.3 Å². The Balaban J connectivity index is 1.82. The van der Waals surface area contributed by atoms with Crippen LogP contribution in [0.2, 0.25) is 5.02 Å². The van der Waals surface area contributed by atoms with Crippen molar-refractivity contribution in [3.05, 3.63) is 75.2 Å². The van der Waals surface area contributed by atoms with Gasteiger partial charge in [-0.1, -0.05) is 45.7 Å². The molecule has 0 aliphatic rings. The zero-order valence-corrected chi connectivity index (χ0v) is 15.4. The first-order valence-electron chi connectivity index (χ1n) is 7.29. The maximum absolute atomic E-state index is 13.9. The first-order chi connectivity index (χ1) is 12.0. The number of benzene rings is 2. The molecule has 0 unspecified atom stereocenters. The van der Waals surface area contributed by atoms with E-state index in [0.717, 1.165) is 10.0 Å². The quantitative estimate of drug-likeness (QED) is 0.629. The number of carbonyl (C=O) groups is 1. The van der Waals surface area contributed by atoms with E-state index in [2.05, 4.69) is 31.2 Å². The molecular formula is C18H12BrClFN3O. The Bertz CT molecular complexity index is 927. The monoisotopic (exact) mass is 419 g/mol. The minimum Gasteiger partial charge on any atom is -0.305 e. The fraction of sp³-hybridized carbons (Fsp3) is 0.0556. The molecule has 0 spiro atoms. The van der Waals surface area contributed by atoms with Crippen molar-refractivity contribution in [1.82, 2.24) is 9.97 Å². The molecule has 0 aliphatic carbocycles. The van der Waals surface area contributed by atoms with Crippen LogP contribution in [0.3, 0.4) is 0 Å². The van der Waals surface area contributed by atoms with Gasteiger partial charge in [-0.3, -0.25) is 9.78 Å². The van der Waals surface area contributed by atoms with Crippen LogP contribution >= 0.6 is 27.5 Å². The molecular weight excluding hydrogens is 409 g/mol. The van der Waals surface area contributed by atoms with Crippen molar-refractivity contribution in [3.8, 4) is 11.3 Å². The molecule has 0 saturated heterocycles. The number of nitrogens with zero attached hydrogens (tertiary/aromatic N) is 2. The second-order valence-electron chi connectivity index (χ2n) is 5.30. The molecule has 1 heterocycles. The van der Waals surface area contributed by atoms with Gasteiger partial charge >= 0.3 is 0 Å². The van der Waals surface area contributed by atoms with Crippen molar-refractivity contribution >= 4 is 39.3 Å². The number of halogens is 3. The number of hydrogen-bond donors (Lipinski definition) is 1. The summed E-state index contributed by atoms with van der Waals surface area (Å²) in [5, 5.41) is 3.08. The molecule has 0 saturated carbocycles. The standard InChI is InChI=1S/C18H12BrClFN3O/c1-10-3-2-4-14(21)17(10)18(25)24-16-9-22-15(8-23-16)12-6-5-11(19)7-13(12)20/h2-9H,1H3,(H,23,24,25).